The van der Waals surface area contributed by atoms with Crippen molar-refractivity contribution in [3.8, 4) is 11.4 Å². The zero-order chi connectivity index (χ0) is 14.7. The predicted molar refractivity (Wildman–Crippen MR) is 83.1 cm³/mol. The molecule has 0 bridgehead atoms. The third-order valence-electron chi connectivity index (χ3n) is 3.81. The summed E-state index contributed by atoms with van der Waals surface area (Å²) in [6, 6.07) is 8.34. The second-order valence-corrected chi connectivity index (χ2v) is 5.40. The van der Waals surface area contributed by atoms with Crippen LogP contribution < -0.4 is 10.6 Å². The fourth-order valence-electron chi connectivity index (χ4n) is 2.86. The lowest BCUT2D eigenvalue weighted by molar-refractivity contribution is -0.114. The van der Waals surface area contributed by atoms with E-state index in [0.29, 0.717) is 6.04 Å². The van der Waals surface area contributed by atoms with Gasteiger partial charge in [0.15, 0.2) is 0 Å². The Morgan fingerprint density at radius 1 is 1.38 bits per heavy atom. The lowest BCUT2D eigenvalue weighted by atomic mass is 10.1. The van der Waals surface area contributed by atoms with Crippen molar-refractivity contribution in [1.29, 1.82) is 0 Å². The van der Waals surface area contributed by atoms with Gasteiger partial charge < -0.3 is 15.2 Å². The maximum absolute atomic E-state index is 11.2. The van der Waals surface area contributed by atoms with Gasteiger partial charge in [0.05, 0.1) is 0 Å². The Bertz CT molecular complexity index is 629. The monoisotopic (exact) mass is 284 g/mol. The average molecular weight is 284 g/mol. The number of hydrogen-bond acceptors (Lipinski definition) is 3. The molecule has 1 aromatic heterocycles. The molecule has 0 spiro atoms. The topological polar surface area (TPSA) is 59.0 Å². The van der Waals surface area contributed by atoms with E-state index in [1.54, 1.807) is 0 Å². The summed E-state index contributed by atoms with van der Waals surface area (Å²) in [5.41, 5.74) is 1.84. The van der Waals surface area contributed by atoms with Crippen molar-refractivity contribution in [3.63, 3.8) is 0 Å². The summed E-state index contributed by atoms with van der Waals surface area (Å²) in [5, 5.41) is 6.21. The zero-order valence-corrected chi connectivity index (χ0v) is 12.2. The van der Waals surface area contributed by atoms with E-state index in [1.807, 2.05) is 30.5 Å². The Labute approximate surface area is 124 Å². The van der Waals surface area contributed by atoms with Crippen molar-refractivity contribution in [2.45, 2.75) is 25.8 Å². The predicted octanol–water partition coefficient (Wildman–Crippen LogP) is 2.43. The molecule has 1 aliphatic heterocycles. The van der Waals surface area contributed by atoms with Gasteiger partial charge >= 0.3 is 0 Å². The summed E-state index contributed by atoms with van der Waals surface area (Å²) in [6.07, 6.45) is 6.14. The largest absolute Gasteiger partial charge is 0.328 e. The SMILES string of the molecule is CC(=O)Nc1cccc(-c2nccn2C2CCNCC2)c1. The number of piperidine rings is 1. The number of amides is 1. The summed E-state index contributed by atoms with van der Waals surface area (Å²) in [5.74, 6) is 0.906. The smallest absolute Gasteiger partial charge is 0.221 e. The molecule has 1 aromatic carbocycles. The van der Waals surface area contributed by atoms with Crippen molar-refractivity contribution in [3.05, 3.63) is 36.7 Å². The molecule has 1 fully saturated rings. The van der Waals surface area contributed by atoms with Crippen molar-refractivity contribution >= 4 is 11.6 Å². The van der Waals surface area contributed by atoms with Crippen LogP contribution in [-0.2, 0) is 4.79 Å². The van der Waals surface area contributed by atoms with Gasteiger partial charge in [0.1, 0.15) is 5.82 Å². The van der Waals surface area contributed by atoms with Gasteiger partial charge in [-0.3, -0.25) is 4.79 Å². The summed E-state index contributed by atoms with van der Waals surface area (Å²) in [7, 11) is 0. The lowest BCUT2D eigenvalue weighted by Gasteiger charge is -2.25. The van der Waals surface area contributed by atoms with Gasteiger partial charge in [-0.1, -0.05) is 12.1 Å². The van der Waals surface area contributed by atoms with E-state index >= 15 is 0 Å². The molecule has 21 heavy (non-hydrogen) atoms. The molecule has 0 aliphatic carbocycles. The molecule has 110 valence electrons. The Balaban J connectivity index is 1.90. The number of benzene rings is 1. The quantitative estimate of drug-likeness (QED) is 0.910. The highest BCUT2D eigenvalue weighted by molar-refractivity contribution is 5.89. The van der Waals surface area contributed by atoms with Gasteiger partial charge in [-0.25, -0.2) is 4.98 Å². The number of nitrogens with one attached hydrogen (secondary N) is 2. The van der Waals surface area contributed by atoms with Crippen molar-refractivity contribution in [2.24, 2.45) is 0 Å². The normalized spacial score (nSPS) is 15.9. The number of carbonyl (C=O) groups excluding carboxylic acids is 1. The molecule has 2 N–H and O–H groups in total. The van der Waals surface area contributed by atoms with Crippen LogP contribution in [0.1, 0.15) is 25.8 Å². The molecule has 1 saturated heterocycles. The standard InChI is InChI=1S/C16H20N4O/c1-12(21)19-14-4-2-3-13(11-14)16-18-9-10-20(16)15-5-7-17-8-6-15/h2-4,9-11,15,17H,5-8H2,1H3,(H,19,21). The van der Waals surface area contributed by atoms with Gasteiger partial charge in [-0.15, -0.1) is 0 Å². The van der Waals surface area contributed by atoms with E-state index in [2.05, 4.69) is 26.4 Å². The van der Waals surface area contributed by atoms with Crippen molar-refractivity contribution in [2.75, 3.05) is 18.4 Å². The molecule has 5 heteroatoms. The molecular weight excluding hydrogens is 264 g/mol. The molecule has 0 atom stereocenters. The Hall–Kier alpha value is -2.14. The fraction of sp³-hybridized carbons (Fsp3) is 0.375. The van der Waals surface area contributed by atoms with E-state index in [9.17, 15) is 4.79 Å². The second-order valence-electron chi connectivity index (χ2n) is 5.40. The van der Waals surface area contributed by atoms with Crippen LogP contribution in [0, 0.1) is 0 Å². The van der Waals surface area contributed by atoms with Crippen LogP contribution in [0.15, 0.2) is 36.7 Å². The number of nitrogens with zero attached hydrogens (tertiary/aromatic N) is 2. The minimum absolute atomic E-state index is 0.0613. The number of carbonyl (C=O) groups is 1. The minimum atomic E-state index is -0.0613. The molecule has 0 saturated carbocycles. The highest BCUT2D eigenvalue weighted by Crippen LogP contribution is 2.27. The molecule has 2 aromatic rings. The van der Waals surface area contributed by atoms with E-state index in [1.165, 1.54) is 6.92 Å². The maximum Gasteiger partial charge on any atom is 0.221 e. The second kappa shape index (κ2) is 6.10. The Morgan fingerprint density at radius 2 is 2.19 bits per heavy atom. The van der Waals surface area contributed by atoms with E-state index in [-0.39, 0.29) is 5.91 Å². The first-order chi connectivity index (χ1) is 10.2. The molecule has 3 rings (SSSR count). The van der Waals surface area contributed by atoms with Crippen LogP contribution in [0.5, 0.6) is 0 Å². The van der Waals surface area contributed by atoms with Crippen LogP contribution >= 0.6 is 0 Å². The zero-order valence-electron chi connectivity index (χ0n) is 12.2. The van der Waals surface area contributed by atoms with Crippen LogP contribution in [0.25, 0.3) is 11.4 Å². The van der Waals surface area contributed by atoms with Gasteiger partial charge in [0, 0.05) is 36.6 Å². The number of aromatic nitrogens is 2. The van der Waals surface area contributed by atoms with E-state index in [0.717, 1.165) is 43.0 Å². The molecule has 1 amide bonds. The summed E-state index contributed by atoms with van der Waals surface area (Å²) in [4.78, 5) is 15.7. The number of anilines is 1. The molecule has 2 heterocycles. The Morgan fingerprint density at radius 3 is 2.95 bits per heavy atom. The summed E-state index contributed by atoms with van der Waals surface area (Å²) >= 11 is 0. The van der Waals surface area contributed by atoms with Crippen LogP contribution in [0.3, 0.4) is 0 Å². The third kappa shape index (κ3) is 3.13. The number of rotatable bonds is 3. The number of hydrogen-bond donors (Lipinski definition) is 2. The van der Waals surface area contributed by atoms with Gasteiger partial charge in [-0.05, 0) is 38.1 Å². The Kier molecular flexibility index (Phi) is 4.01. The highest BCUT2D eigenvalue weighted by atomic mass is 16.1. The summed E-state index contributed by atoms with van der Waals surface area (Å²) in [6.45, 7) is 3.62. The van der Waals surface area contributed by atoms with Gasteiger partial charge in [-0.2, -0.15) is 0 Å². The average Bonchev–Trinajstić information content (AvgIpc) is 2.97. The molecule has 0 unspecified atom stereocenters. The van der Waals surface area contributed by atoms with Crippen LogP contribution in [0.4, 0.5) is 5.69 Å². The maximum atomic E-state index is 11.2. The molecular formula is C16H20N4O. The van der Waals surface area contributed by atoms with E-state index in [4.69, 9.17) is 0 Å². The lowest BCUT2D eigenvalue weighted by Crippen LogP contribution is -2.29. The fourth-order valence-corrected chi connectivity index (χ4v) is 2.86. The number of imidazole rings is 1. The van der Waals surface area contributed by atoms with Gasteiger partial charge in [0.2, 0.25) is 5.91 Å². The highest BCUT2D eigenvalue weighted by Gasteiger charge is 2.18. The van der Waals surface area contributed by atoms with Gasteiger partial charge in [0.25, 0.3) is 0 Å². The van der Waals surface area contributed by atoms with E-state index < -0.39 is 0 Å². The molecule has 5 nitrogen and oxygen atoms in total. The minimum Gasteiger partial charge on any atom is -0.328 e. The van der Waals surface area contributed by atoms with Crippen molar-refractivity contribution in [1.82, 2.24) is 14.9 Å². The third-order valence-corrected chi connectivity index (χ3v) is 3.81. The molecule has 0 radical (unpaired) electrons. The van der Waals surface area contributed by atoms with Crippen LogP contribution in [-0.4, -0.2) is 28.5 Å². The first-order valence-electron chi connectivity index (χ1n) is 7.35. The summed E-state index contributed by atoms with van der Waals surface area (Å²) < 4.78 is 2.26. The van der Waals surface area contributed by atoms with Crippen molar-refractivity contribution < 1.29 is 4.79 Å². The first kappa shape index (κ1) is 13.8. The van der Waals surface area contributed by atoms with Crippen LogP contribution in [0.2, 0.25) is 0 Å². The molecule has 1 aliphatic rings. The first-order valence-corrected chi connectivity index (χ1v) is 7.35.